The van der Waals surface area contributed by atoms with Crippen molar-refractivity contribution in [2.45, 2.75) is 4.90 Å². The van der Waals surface area contributed by atoms with E-state index in [1.54, 1.807) is 31.4 Å². The summed E-state index contributed by atoms with van der Waals surface area (Å²) in [5.41, 5.74) is 0.587. The lowest BCUT2D eigenvalue weighted by Crippen LogP contribution is -2.27. The van der Waals surface area contributed by atoms with E-state index >= 15 is 0 Å². The number of halogens is 1. The van der Waals surface area contributed by atoms with E-state index in [2.05, 4.69) is 10.0 Å². The van der Waals surface area contributed by atoms with E-state index in [1.165, 1.54) is 25.3 Å². The zero-order valence-electron chi connectivity index (χ0n) is 15.4. The first kappa shape index (κ1) is 22.0. The molecule has 0 aliphatic carbocycles. The van der Waals surface area contributed by atoms with Crippen molar-refractivity contribution in [3.8, 4) is 11.5 Å². The molecule has 1 amide bonds. The van der Waals surface area contributed by atoms with Gasteiger partial charge in [-0.15, -0.1) is 0 Å². The second-order valence-corrected chi connectivity index (χ2v) is 7.72. The zero-order valence-corrected chi connectivity index (χ0v) is 17.0. The molecule has 2 aromatic carbocycles. The van der Waals surface area contributed by atoms with Crippen molar-refractivity contribution in [1.82, 2.24) is 4.72 Å². The lowest BCUT2D eigenvalue weighted by Gasteiger charge is -2.11. The fourth-order valence-electron chi connectivity index (χ4n) is 2.14. The molecule has 0 aliphatic rings. The number of anilines is 1. The number of carbonyl (C=O) groups is 1. The van der Waals surface area contributed by atoms with Gasteiger partial charge < -0.3 is 19.5 Å². The molecular weight excluding hydrogens is 408 g/mol. The summed E-state index contributed by atoms with van der Waals surface area (Å²) in [6.07, 6.45) is 0. The summed E-state index contributed by atoms with van der Waals surface area (Å²) in [5.74, 6) is 0.481. The van der Waals surface area contributed by atoms with Crippen LogP contribution >= 0.6 is 11.6 Å². The normalized spacial score (nSPS) is 11.1. The van der Waals surface area contributed by atoms with Crippen molar-refractivity contribution in [2.24, 2.45) is 0 Å². The first-order valence-electron chi connectivity index (χ1n) is 8.20. The van der Waals surface area contributed by atoms with E-state index in [9.17, 15) is 13.2 Å². The first-order chi connectivity index (χ1) is 13.4. The largest absolute Gasteiger partial charge is 0.497 e. The Bertz CT molecular complexity index is 903. The molecule has 0 spiro atoms. The number of hydrogen-bond acceptors (Lipinski definition) is 6. The summed E-state index contributed by atoms with van der Waals surface area (Å²) in [5, 5.41) is 2.74. The minimum absolute atomic E-state index is 0.0105. The maximum Gasteiger partial charge on any atom is 0.262 e. The van der Waals surface area contributed by atoms with Crippen molar-refractivity contribution in [1.29, 1.82) is 0 Å². The Labute approximate surface area is 168 Å². The van der Waals surface area contributed by atoms with Gasteiger partial charge in [-0.25, -0.2) is 13.1 Å². The predicted octanol–water partition coefficient (Wildman–Crippen LogP) is 2.29. The summed E-state index contributed by atoms with van der Waals surface area (Å²) in [6.45, 7) is 0.0988. The van der Waals surface area contributed by atoms with Crippen LogP contribution in [0.15, 0.2) is 47.4 Å². The zero-order chi connectivity index (χ0) is 20.6. The van der Waals surface area contributed by atoms with Crippen LogP contribution < -0.4 is 19.5 Å². The van der Waals surface area contributed by atoms with Crippen molar-refractivity contribution in [3.05, 3.63) is 47.5 Å². The van der Waals surface area contributed by atoms with Crippen LogP contribution in [0.2, 0.25) is 5.02 Å². The molecule has 2 rings (SSSR count). The van der Waals surface area contributed by atoms with E-state index in [4.69, 9.17) is 25.8 Å². The Morgan fingerprint density at radius 2 is 1.82 bits per heavy atom. The maximum atomic E-state index is 12.1. The molecule has 8 nitrogen and oxygen atoms in total. The molecule has 2 N–H and O–H groups in total. The maximum absolute atomic E-state index is 12.1. The third-order valence-corrected chi connectivity index (χ3v) is 5.30. The lowest BCUT2D eigenvalue weighted by atomic mass is 10.3. The molecule has 0 unspecified atom stereocenters. The predicted molar refractivity (Wildman–Crippen MR) is 106 cm³/mol. The molecule has 0 aromatic heterocycles. The van der Waals surface area contributed by atoms with Crippen LogP contribution in [0.5, 0.6) is 11.5 Å². The number of ether oxygens (including phenoxy) is 3. The van der Waals surface area contributed by atoms with Crippen molar-refractivity contribution < 1.29 is 27.4 Å². The van der Waals surface area contributed by atoms with E-state index in [1.807, 2.05) is 0 Å². The third-order valence-electron chi connectivity index (χ3n) is 3.54. The van der Waals surface area contributed by atoms with Crippen molar-refractivity contribution in [2.75, 3.05) is 39.3 Å². The summed E-state index contributed by atoms with van der Waals surface area (Å²) in [4.78, 5) is 12.0. The highest BCUT2D eigenvalue weighted by Crippen LogP contribution is 2.27. The number of rotatable bonds is 10. The Hall–Kier alpha value is -2.33. The van der Waals surface area contributed by atoms with Crippen LogP contribution in [0, 0.1) is 0 Å². The van der Waals surface area contributed by atoms with Gasteiger partial charge >= 0.3 is 0 Å². The molecule has 0 heterocycles. The minimum atomic E-state index is -3.71. The van der Waals surface area contributed by atoms with Crippen molar-refractivity contribution >= 4 is 33.2 Å². The smallest absolute Gasteiger partial charge is 0.262 e. The molecule has 0 atom stereocenters. The molecular formula is C18H21ClN2O6S. The quantitative estimate of drug-likeness (QED) is 0.563. The Morgan fingerprint density at radius 1 is 1.11 bits per heavy atom. The van der Waals surface area contributed by atoms with Gasteiger partial charge in [0, 0.05) is 19.3 Å². The summed E-state index contributed by atoms with van der Waals surface area (Å²) in [6, 6.07) is 10.8. The summed E-state index contributed by atoms with van der Waals surface area (Å²) in [7, 11) is -0.682. The highest BCUT2D eigenvalue weighted by atomic mass is 35.5. The Kier molecular flexibility index (Phi) is 8.06. The fraction of sp³-hybridized carbons (Fsp3) is 0.278. The number of methoxy groups -OCH3 is 2. The SMILES string of the molecule is COCCNS(=O)(=O)c1ccc(OCC(=O)Nc2ccc(OC)cc2)c(Cl)c1. The van der Waals surface area contributed by atoms with E-state index < -0.39 is 10.0 Å². The van der Waals surface area contributed by atoms with Crippen LogP contribution in [0.1, 0.15) is 0 Å². The second kappa shape index (κ2) is 10.3. The van der Waals surface area contributed by atoms with Gasteiger partial charge in [0.2, 0.25) is 10.0 Å². The van der Waals surface area contributed by atoms with Gasteiger partial charge in [0.05, 0.1) is 23.6 Å². The van der Waals surface area contributed by atoms with Gasteiger partial charge in [0.15, 0.2) is 6.61 Å². The molecule has 0 fully saturated rings. The van der Waals surface area contributed by atoms with E-state index in [-0.39, 0.29) is 41.3 Å². The van der Waals surface area contributed by atoms with Gasteiger partial charge in [0.25, 0.3) is 5.91 Å². The van der Waals surface area contributed by atoms with Gasteiger partial charge in [-0.3, -0.25) is 4.79 Å². The molecule has 0 aliphatic heterocycles. The van der Waals surface area contributed by atoms with Gasteiger partial charge in [-0.2, -0.15) is 0 Å². The Balaban J connectivity index is 1.94. The molecule has 28 heavy (non-hydrogen) atoms. The van der Waals surface area contributed by atoms with Crippen LogP contribution in [0.4, 0.5) is 5.69 Å². The molecule has 0 saturated carbocycles. The first-order valence-corrected chi connectivity index (χ1v) is 10.1. The van der Waals surface area contributed by atoms with E-state index in [0.29, 0.717) is 11.4 Å². The number of sulfonamides is 1. The molecule has 152 valence electrons. The highest BCUT2D eigenvalue weighted by Gasteiger charge is 2.16. The topological polar surface area (TPSA) is 103 Å². The molecule has 2 aromatic rings. The highest BCUT2D eigenvalue weighted by molar-refractivity contribution is 7.89. The number of hydrogen-bond donors (Lipinski definition) is 2. The molecule has 0 radical (unpaired) electrons. The number of benzene rings is 2. The van der Waals surface area contributed by atoms with Crippen LogP contribution in [0.25, 0.3) is 0 Å². The average Bonchev–Trinajstić information content (AvgIpc) is 2.67. The summed E-state index contributed by atoms with van der Waals surface area (Å²) >= 11 is 6.09. The monoisotopic (exact) mass is 428 g/mol. The fourth-order valence-corrected chi connectivity index (χ4v) is 3.48. The Morgan fingerprint density at radius 3 is 2.43 bits per heavy atom. The molecule has 0 saturated heterocycles. The van der Waals surface area contributed by atoms with Crippen LogP contribution in [0.3, 0.4) is 0 Å². The van der Waals surface area contributed by atoms with Gasteiger partial charge in [-0.1, -0.05) is 11.6 Å². The third kappa shape index (κ3) is 6.38. The van der Waals surface area contributed by atoms with E-state index in [0.717, 1.165) is 0 Å². The standard InChI is InChI=1S/C18H21ClN2O6S/c1-25-10-9-20-28(23,24)15-7-8-17(16(19)11-15)27-12-18(22)21-13-3-5-14(26-2)6-4-13/h3-8,11,20H,9-10,12H2,1-2H3,(H,21,22). The molecule has 0 bridgehead atoms. The van der Waals surface area contributed by atoms with Crippen LogP contribution in [-0.2, 0) is 19.6 Å². The average molecular weight is 429 g/mol. The molecule has 10 heteroatoms. The number of amides is 1. The van der Waals surface area contributed by atoms with Gasteiger partial charge in [-0.05, 0) is 42.5 Å². The number of carbonyl (C=O) groups excluding carboxylic acids is 1. The number of nitrogens with one attached hydrogen (secondary N) is 2. The van der Waals surface area contributed by atoms with Crippen LogP contribution in [-0.4, -0.2) is 48.3 Å². The van der Waals surface area contributed by atoms with Crippen molar-refractivity contribution in [3.63, 3.8) is 0 Å². The lowest BCUT2D eigenvalue weighted by molar-refractivity contribution is -0.118. The summed E-state index contributed by atoms with van der Waals surface area (Å²) < 4.78 is 41.9. The second-order valence-electron chi connectivity index (χ2n) is 5.55. The van der Waals surface area contributed by atoms with Gasteiger partial charge in [0.1, 0.15) is 11.5 Å². The minimum Gasteiger partial charge on any atom is -0.497 e.